The Morgan fingerprint density at radius 2 is 2.12 bits per heavy atom. The molecule has 9 heteroatoms. The molecule has 0 aliphatic rings. The summed E-state index contributed by atoms with van der Waals surface area (Å²) in [5.41, 5.74) is 2.86. The lowest BCUT2D eigenvalue weighted by molar-refractivity contribution is -0.384. The van der Waals surface area contributed by atoms with Crippen LogP contribution in [-0.4, -0.2) is 35.7 Å². The van der Waals surface area contributed by atoms with Crippen molar-refractivity contribution < 1.29 is 9.72 Å². The number of amides is 1. The van der Waals surface area contributed by atoms with Crippen LogP contribution in [0.3, 0.4) is 0 Å². The van der Waals surface area contributed by atoms with Gasteiger partial charge in [-0.25, -0.2) is 5.43 Å². The van der Waals surface area contributed by atoms with E-state index in [0.717, 1.165) is 0 Å². The zero-order valence-electron chi connectivity index (χ0n) is 13.7. The van der Waals surface area contributed by atoms with Crippen molar-refractivity contribution in [1.29, 1.82) is 0 Å². The summed E-state index contributed by atoms with van der Waals surface area (Å²) in [6.07, 6.45) is 2.80. The third-order valence-corrected chi connectivity index (χ3v) is 3.29. The number of hydrazone groups is 1. The first kappa shape index (κ1) is 17.9. The lowest BCUT2D eigenvalue weighted by atomic mass is 10.2. The molecule has 130 valence electrons. The summed E-state index contributed by atoms with van der Waals surface area (Å²) in [5.74, 6) is -0.482. The van der Waals surface area contributed by atoms with E-state index in [1.54, 1.807) is 43.3 Å². The van der Waals surface area contributed by atoms with E-state index in [9.17, 15) is 19.7 Å². The molecule has 0 bridgehead atoms. The number of nitro groups is 1. The van der Waals surface area contributed by atoms with Crippen molar-refractivity contribution in [1.82, 2.24) is 9.99 Å². The minimum Gasteiger partial charge on any atom is -0.372 e. The van der Waals surface area contributed by atoms with E-state index in [2.05, 4.69) is 10.5 Å². The predicted octanol–water partition coefficient (Wildman–Crippen LogP) is 0.973. The molecule has 0 spiro atoms. The summed E-state index contributed by atoms with van der Waals surface area (Å²) < 4.78 is 1.24. The van der Waals surface area contributed by atoms with Crippen LogP contribution in [0.15, 0.2) is 52.5 Å². The molecule has 0 fully saturated rings. The molecule has 9 nitrogen and oxygen atoms in total. The number of aromatic nitrogens is 1. The SMILES string of the molecule is CN(C)c1ccc(/C=N\NC(=O)Cn2ccccc2=O)cc1[N+](=O)[O-]. The van der Waals surface area contributed by atoms with E-state index in [0.29, 0.717) is 11.3 Å². The standard InChI is InChI=1S/C16H17N5O4/c1-19(2)13-7-6-12(9-14(13)21(24)25)10-17-18-15(22)11-20-8-4-3-5-16(20)23/h3-10H,11H2,1-2H3,(H,18,22)/b17-10-. The molecular weight excluding hydrogens is 326 g/mol. The maximum Gasteiger partial charge on any atom is 0.293 e. The van der Waals surface area contributed by atoms with Gasteiger partial charge in [0.15, 0.2) is 0 Å². The zero-order chi connectivity index (χ0) is 18.4. The van der Waals surface area contributed by atoms with Crippen LogP contribution in [-0.2, 0) is 11.3 Å². The second-order valence-corrected chi connectivity index (χ2v) is 5.36. The maximum atomic E-state index is 11.8. The fourth-order valence-electron chi connectivity index (χ4n) is 2.11. The first-order valence-electron chi connectivity index (χ1n) is 7.31. The number of anilines is 1. The van der Waals surface area contributed by atoms with Gasteiger partial charge in [0, 0.05) is 38.0 Å². The average molecular weight is 343 g/mol. The molecule has 1 heterocycles. The largest absolute Gasteiger partial charge is 0.372 e. The van der Waals surface area contributed by atoms with E-state index in [-0.39, 0.29) is 17.8 Å². The third kappa shape index (κ3) is 4.74. The van der Waals surface area contributed by atoms with Crippen LogP contribution < -0.4 is 15.9 Å². The molecule has 0 saturated carbocycles. The Balaban J connectivity index is 2.05. The van der Waals surface area contributed by atoms with Crippen LogP contribution in [0.25, 0.3) is 0 Å². The van der Waals surface area contributed by atoms with Crippen molar-refractivity contribution in [2.24, 2.45) is 5.10 Å². The molecular formula is C16H17N5O4. The van der Waals surface area contributed by atoms with Crippen molar-refractivity contribution in [2.45, 2.75) is 6.54 Å². The molecule has 1 amide bonds. The molecule has 1 aromatic carbocycles. The van der Waals surface area contributed by atoms with Crippen molar-refractivity contribution in [3.8, 4) is 0 Å². The molecule has 1 N–H and O–H groups in total. The van der Waals surface area contributed by atoms with Crippen LogP contribution in [0.1, 0.15) is 5.56 Å². The van der Waals surface area contributed by atoms with E-state index in [4.69, 9.17) is 0 Å². The second-order valence-electron chi connectivity index (χ2n) is 5.36. The average Bonchev–Trinajstić information content (AvgIpc) is 2.56. The number of nitrogens with zero attached hydrogens (tertiary/aromatic N) is 4. The summed E-state index contributed by atoms with van der Waals surface area (Å²) in [6.45, 7) is -0.170. The number of pyridine rings is 1. The number of benzene rings is 1. The minimum atomic E-state index is -0.482. The number of carbonyl (C=O) groups is 1. The van der Waals surface area contributed by atoms with Gasteiger partial charge < -0.3 is 9.47 Å². The van der Waals surface area contributed by atoms with Gasteiger partial charge in [0.1, 0.15) is 12.2 Å². The van der Waals surface area contributed by atoms with Gasteiger partial charge >= 0.3 is 0 Å². The lowest BCUT2D eigenvalue weighted by Crippen LogP contribution is -2.28. The molecule has 0 saturated heterocycles. The minimum absolute atomic E-state index is 0.0592. The van der Waals surface area contributed by atoms with Gasteiger partial charge in [0.25, 0.3) is 17.2 Å². The Hall–Kier alpha value is -3.49. The fourth-order valence-corrected chi connectivity index (χ4v) is 2.11. The van der Waals surface area contributed by atoms with Crippen molar-refractivity contribution in [2.75, 3.05) is 19.0 Å². The predicted molar refractivity (Wildman–Crippen MR) is 93.9 cm³/mol. The van der Waals surface area contributed by atoms with Gasteiger partial charge in [-0.2, -0.15) is 5.10 Å². The molecule has 0 unspecified atom stereocenters. The van der Waals surface area contributed by atoms with Gasteiger partial charge in [0.2, 0.25) is 0 Å². The van der Waals surface area contributed by atoms with Crippen LogP contribution in [0, 0.1) is 10.1 Å². The van der Waals surface area contributed by atoms with E-state index in [1.807, 2.05) is 0 Å². The Kier molecular flexibility index (Phi) is 5.62. The van der Waals surface area contributed by atoms with Gasteiger partial charge in [0.05, 0.1) is 11.1 Å². The Bertz CT molecular complexity index is 873. The van der Waals surface area contributed by atoms with Crippen molar-refractivity contribution >= 4 is 23.5 Å². The van der Waals surface area contributed by atoms with Gasteiger partial charge in [-0.3, -0.25) is 19.7 Å². The molecule has 0 aliphatic heterocycles. The number of hydrogen-bond donors (Lipinski definition) is 1. The number of carbonyl (C=O) groups excluding carboxylic acids is 1. The van der Waals surface area contributed by atoms with E-state index < -0.39 is 10.8 Å². The summed E-state index contributed by atoms with van der Waals surface area (Å²) in [4.78, 5) is 35.6. The summed E-state index contributed by atoms with van der Waals surface area (Å²) in [7, 11) is 3.42. The summed E-state index contributed by atoms with van der Waals surface area (Å²) in [6, 6.07) is 9.20. The third-order valence-electron chi connectivity index (χ3n) is 3.29. The topological polar surface area (TPSA) is 110 Å². The second kappa shape index (κ2) is 7.86. The number of nitro benzene ring substituents is 1. The molecule has 2 aromatic rings. The highest BCUT2D eigenvalue weighted by Crippen LogP contribution is 2.27. The number of rotatable bonds is 6. The normalized spacial score (nSPS) is 10.6. The highest BCUT2D eigenvalue weighted by Gasteiger charge is 2.15. The Morgan fingerprint density at radius 1 is 1.36 bits per heavy atom. The summed E-state index contributed by atoms with van der Waals surface area (Å²) >= 11 is 0. The smallest absolute Gasteiger partial charge is 0.293 e. The van der Waals surface area contributed by atoms with Gasteiger partial charge in [-0.05, 0) is 12.1 Å². The molecule has 0 aliphatic carbocycles. The van der Waals surface area contributed by atoms with Crippen LogP contribution in [0.4, 0.5) is 11.4 Å². The molecule has 0 radical (unpaired) electrons. The van der Waals surface area contributed by atoms with Crippen LogP contribution >= 0.6 is 0 Å². The van der Waals surface area contributed by atoms with Crippen molar-refractivity contribution in [3.05, 3.63) is 68.6 Å². The van der Waals surface area contributed by atoms with Gasteiger partial charge in [-0.1, -0.05) is 12.1 Å². The summed E-state index contributed by atoms with van der Waals surface area (Å²) in [5, 5.41) is 14.9. The zero-order valence-corrected chi connectivity index (χ0v) is 13.7. The van der Waals surface area contributed by atoms with E-state index in [1.165, 1.54) is 29.1 Å². The highest BCUT2D eigenvalue weighted by atomic mass is 16.6. The molecule has 25 heavy (non-hydrogen) atoms. The van der Waals surface area contributed by atoms with Crippen LogP contribution in [0.2, 0.25) is 0 Å². The Morgan fingerprint density at radius 3 is 2.76 bits per heavy atom. The number of nitrogens with one attached hydrogen (secondary N) is 1. The molecule has 0 atom stereocenters. The molecule has 1 aromatic heterocycles. The van der Waals surface area contributed by atoms with Crippen LogP contribution in [0.5, 0.6) is 0 Å². The van der Waals surface area contributed by atoms with Gasteiger partial charge in [-0.15, -0.1) is 0 Å². The Labute approximate surface area is 143 Å². The quantitative estimate of drug-likeness (QED) is 0.477. The lowest BCUT2D eigenvalue weighted by Gasteiger charge is -2.12. The fraction of sp³-hybridized carbons (Fsp3) is 0.188. The monoisotopic (exact) mass is 343 g/mol. The van der Waals surface area contributed by atoms with E-state index >= 15 is 0 Å². The first-order valence-corrected chi connectivity index (χ1v) is 7.31. The highest BCUT2D eigenvalue weighted by molar-refractivity contribution is 5.84. The molecule has 2 rings (SSSR count). The maximum absolute atomic E-state index is 11.8. The number of hydrogen-bond acceptors (Lipinski definition) is 6. The first-order chi connectivity index (χ1) is 11.9. The van der Waals surface area contributed by atoms with Crippen molar-refractivity contribution in [3.63, 3.8) is 0 Å².